The standard InChI is InChI=1S/C18H29BrN2/c1-4-16(20)12-14-11-15(19)7-10-18(14)21(3)17-8-5-13(2)6-9-17/h7,10-11,13,16-17H,4-6,8-9,12,20H2,1-3H3. The van der Waals surface area contributed by atoms with Gasteiger partial charge in [0.05, 0.1) is 0 Å². The minimum absolute atomic E-state index is 0.248. The molecule has 2 rings (SSSR count). The van der Waals surface area contributed by atoms with Crippen LogP contribution in [0, 0.1) is 5.92 Å². The maximum absolute atomic E-state index is 6.19. The van der Waals surface area contributed by atoms with E-state index < -0.39 is 0 Å². The molecule has 3 heteroatoms. The fourth-order valence-corrected chi connectivity index (χ4v) is 3.72. The maximum atomic E-state index is 6.19. The van der Waals surface area contributed by atoms with Crippen molar-refractivity contribution in [2.45, 2.75) is 64.5 Å². The molecule has 1 aromatic carbocycles. The first-order valence-corrected chi connectivity index (χ1v) is 9.07. The van der Waals surface area contributed by atoms with Gasteiger partial charge in [-0.05, 0) is 68.2 Å². The Morgan fingerprint density at radius 1 is 1.29 bits per heavy atom. The molecular formula is C18H29BrN2. The van der Waals surface area contributed by atoms with Gasteiger partial charge in [0.25, 0.3) is 0 Å². The third-order valence-electron chi connectivity index (χ3n) is 4.96. The minimum Gasteiger partial charge on any atom is -0.371 e. The van der Waals surface area contributed by atoms with Crippen molar-refractivity contribution in [2.75, 3.05) is 11.9 Å². The van der Waals surface area contributed by atoms with Crippen molar-refractivity contribution in [1.82, 2.24) is 0 Å². The molecule has 2 N–H and O–H groups in total. The molecule has 0 radical (unpaired) electrons. The van der Waals surface area contributed by atoms with Crippen LogP contribution in [-0.4, -0.2) is 19.1 Å². The highest BCUT2D eigenvalue weighted by Crippen LogP contribution is 2.32. The SMILES string of the molecule is CCC(N)Cc1cc(Br)ccc1N(C)C1CCC(C)CC1. The van der Waals surface area contributed by atoms with Gasteiger partial charge in [0, 0.05) is 29.3 Å². The summed E-state index contributed by atoms with van der Waals surface area (Å²) in [5.74, 6) is 0.896. The van der Waals surface area contributed by atoms with Gasteiger partial charge in [0.1, 0.15) is 0 Å². The Bertz CT molecular complexity index is 453. The Kier molecular flexibility index (Phi) is 6.12. The fraction of sp³-hybridized carbons (Fsp3) is 0.667. The van der Waals surface area contributed by atoms with Gasteiger partial charge in [-0.3, -0.25) is 0 Å². The van der Waals surface area contributed by atoms with Crippen LogP contribution in [0.25, 0.3) is 0 Å². The van der Waals surface area contributed by atoms with Gasteiger partial charge in [-0.2, -0.15) is 0 Å². The maximum Gasteiger partial charge on any atom is 0.0400 e. The van der Waals surface area contributed by atoms with Crippen molar-refractivity contribution in [2.24, 2.45) is 11.7 Å². The molecular weight excluding hydrogens is 324 g/mol. The van der Waals surface area contributed by atoms with Crippen LogP contribution in [0.4, 0.5) is 5.69 Å². The summed E-state index contributed by atoms with van der Waals surface area (Å²) in [5.41, 5.74) is 8.92. The molecule has 1 aliphatic rings. The van der Waals surface area contributed by atoms with Gasteiger partial charge in [-0.25, -0.2) is 0 Å². The second kappa shape index (κ2) is 7.64. The molecule has 21 heavy (non-hydrogen) atoms. The summed E-state index contributed by atoms with van der Waals surface area (Å²) in [4.78, 5) is 2.50. The Morgan fingerprint density at radius 3 is 2.57 bits per heavy atom. The van der Waals surface area contributed by atoms with E-state index in [9.17, 15) is 0 Å². The van der Waals surface area contributed by atoms with Gasteiger partial charge in [-0.15, -0.1) is 0 Å². The molecule has 0 spiro atoms. The number of hydrogen-bond acceptors (Lipinski definition) is 2. The van der Waals surface area contributed by atoms with E-state index in [2.05, 4.69) is 59.9 Å². The van der Waals surface area contributed by atoms with E-state index >= 15 is 0 Å². The van der Waals surface area contributed by atoms with Crippen molar-refractivity contribution in [3.05, 3.63) is 28.2 Å². The highest BCUT2D eigenvalue weighted by Gasteiger charge is 2.23. The Morgan fingerprint density at radius 2 is 1.95 bits per heavy atom. The largest absolute Gasteiger partial charge is 0.371 e. The molecule has 0 amide bonds. The van der Waals surface area contributed by atoms with E-state index in [1.54, 1.807) is 0 Å². The Hall–Kier alpha value is -0.540. The van der Waals surface area contributed by atoms with E-state index in [0.717, 1.165) is 23.2 Å². The first kappa shape index (κ1) is 16.8. The van der Waals surface area contributed by atoms with Crippen LogP contribution in [-0.2, 0) is 6.42 Å². The third-order valence-corrected chi connectivity index (χ3v) is 5.45. The van der Waals surface area contributed by atoms with Gasteiger partial charge in [0.2, 0.25) is 0 Å². The monoisotopic (exact) mass is 352 g/mol. The third kappa shape index (κ3) is 4.46. The first-order valence-electron chi connectivity index (χ1n) is 8.28. The molecule has 0 bridgehead atoms. The molecule has 2 nitrogen and oxygen atoms in total. The number of nitrogens with zero attached hydrogens (tertiary/aromatic N) is 1. The highest BCUT2D eigenvalue weighted by molar-refractivity contribution is 9.10. The lowest BCUT2D eigenvalue weighted by molar-refractivity contribution is 0.340. The van der Waals surface area contributed by atoms with Crippen LogP contribution >= 0.6 is 15.9 Å². The molecule has 0 aromatic heterocycles. The summed E-state index contributed by atoms with van der Waals surface area (Å²) in [6.45, 7) is 4.54. The second-order valence-electron chi connectivity index (χ2n) is 6.67. The van der Waals surface area contributed by atoms with Crippen LogP contribution in [0.5, 0.6) is 0 Å². The van der Waals surface area contributed by atoms with Crippen molar-refractivity contribution >= 4 is 21.6 Å². The summed E-state index contributed by atoms with van der Waals surface area (Å²) in [6.07, 6.45) is 7.32. The number of anilines is 1. The summed E-state index contributed by atoms with van der Waals surface area (Å²) >= 11 is 3.60. The summed E-state index contributed by atoms with van der Waals surface area (Å²) < 4.78 is 1.15. The van der Waals surface area contributed by atoms with Crippen molar-refractivity contribution in [3.63, 3.8) is 0 Å². The smallest absolute Gasteiger partial charge is 0.0400 e. The Labute approximate surface area is 138 Å². The minimum atomic E-state index is 0.248. The van der Waals surface area contributed by atoms with Gasteiger partial charge < -0.3 is 10.6 Å². The van der Waals surface area contributed by atoms with Gasteiger partial charge >= 0.3 is 0 Å². The van der Waals surface area contributed by atoms with E-state index in [0.29, 0.717) is 6.04 Å². The lowest BCUT2D eigenvalue weighted by Gasteiger charge is -2.36. The normalized spacial score (nSPS) is 23.9. The number of rotatable bonds is 5. The predicted octanol–water partition coefficient (Wildman–Crippen LogP) is 4.74. The molecule has 1 aromatic rings. The highest BCUT2D eigenvalue weighted by atomic mass is 79.9. The summed E-state index contributed by atoms with van der Waals surface area (Å²) in [6, 6.07) is 7.57. The second-order valence-corrected chi connectivity index (χ2v) is 7.59. The summed E-state index contributed by atoms with van der Waals surface area (Å²) in [7, 11) is 2.25. The molecule has 1 atom stereocenters. The first-order chi connectivity index (χ1) is 10.0. The summed E-state index contributed by atoms with van der Waals surface area (Å²) in [5, 5.41) is 0. The Balaban J connectivity index is 2.17. The number of hydrogen-bond donors (Lipinski definition) is 1. The van der Waals surface area contributed by atoms with Crippen molar-refractivity contribution < 1.29 is 0 Å². The zero-order valence-electron chi connectivity index (χ0n) is 13.6. The van der Waals surface area contributed by atoms with E-state index in [-0.39, 0.29) is 6.04 Å². The average molecular weight is 353 g/mol. The van der Waals surface area contributed by atoms with Crippen molar-refractivity contribution in [1.29, 1.82) is 0 Å². The van der Waals surface area contributed by atoms with E-state index in [4.69, 9.17) is 5.73 Å². The molecule has 1 fully saturated rings. The van der Waals surface area contributed by atoms with Gasteiger partial charge in [0.15, 0.2) is 0 Å². The van der Waals surface area contributed by atoms with E-state index in [1.165, 1.54) is 36.9 Å². The van der Waals surface area contributed by atoms with Crippen LogP contribution in [0.1, 0.15) is 51.5 Å². The number of benzene rings is 1. The molecule has 0 heterocycles. The van der Waals surface area contributed by atoms with Crippen LogP contribution < -0.4 is 10.6 Å². The van der Waals surface area contributed by atoms with Crippen LogP contribution in [0.2, 0.25) is 0 Å². The average Bonchev–Trinajstić information content (AvgIpc) is 2.47. The molecule has 1 saturated carbocycles. The molecule has 0 saturated heterocycles. The fourth-order valence-electron chi connectivity index (χ4n) is 3.31. The van der Waals surface area contributed by atoms with Gasteiger partial charge in [-0.1, -0.05) is 29.8 Å². The quantitative estimate of drug-likeness (QED) is 0.828. The van der Waals surface area contributed by atoms with Crippen molar-refractivity contribution in [3.8, 4) is 0 Å². The topological polar surface area (TPSA) is 29.3 Å². The molecule has 118 valence electrons. The zero-order chi connectivity index (χ0) is 15.4. The zero-order valence-corrected chi connectivity index (χ0v) is 15.2. The molecule has 0 aliphatic heterocycles. The molecule has 1 unspecified atom stereocenters. The molecule has 1 aliphatic carbocycles. The predicted molar refractivity (Wildman–Crippen MR) is 95.9 cm³/mol. The van der Waals surface area contributed by atoms with Crippen LogP contribution in [0.3, 0.4) is 0 Å². The number of nitrogens with two attached hydrogens (primary N) is 1. The van der Waals surface area contributed by atoms with Crippen LogP contribution in [0.15, 0.2) is 22.7 Å². The lowest BCUT2D eigenvalue weighted by atomic mass is 9.86. The lowest BCUT2D eigenvalue weighted by Crippen LogP contribution is -2.35. The van der Waals surface area contributed by atoms with E-state index in [1.807, 2.05) is 0 Å². The number of halogens is 1.